The van der Waals surface area contributed by atoms with Crippen molar-refractivity contribution in [3.05, 3.63) is 55.1 Å². The summed E-state index contributed by atoms with van der Waals surface area (Å²) in [4.78, 5) is 11.8. The van der Waals surface area contributed by atoms with Crippen molar-refractivity contribution in [1.29, 1.82) is 0 Å². The lowest BCUT2D eigenvalue weighted by molar-refractivity contribution is 0.720. The van der Waals surface area contributed by atoms with E-state index >= 15 is 0 Å². The zero-order chi connectivity index (χ0) is 13.1. The quantitative estimate of drug-likeness (QED) is 0.680. The number of hydrogen-bond acceptors (Lipinski definition) is 4. The van der Waals surface area contributed by atoms with Crippen molar-refractivity contribution >= 4 is 34.4 Å². The molecule has 5 nitrogen and oxygen atoms in total. The normalized spacial score (nSPS) is 11.0. The average molecular weight is 325 g/mol. The largest absolute Gasteiger partial charge is 0.296 e. The number of aromatic amines is 1. The molecule has 0 aliphatic carbocycles. The second kappa shape index (κ2) is 5.36. The zero-order valence-corrected chi connectivity index (χ0v) is 11.8. The van der Waals surface area contributed by atoms with Crippen LogP contribution in [0.3, 0.4) is 0 Å². The number of H-pyrrole nitrogens is 1. The molecule has 2 rings (SSSR count). The van der Waals surface area contributed by atoms with Crippen molar-refractivity contribution in [3.63, 3.8) is 0 Å². The van der Waals surface area contributed by atoms with Gasteiger partial charge in [-0.05, 0) is 36.8 Å². The molecule has 1 heterocycles. The third-order valence-corrected chi connectivity index (χ3v) is 3.00. The van der Waals surface area contributed by atoms with E-state index in [9.17, 15) is 4.79 Å². The summed E-state index contributed by atoms with van der Waals surface area (Å²) in [5.41, 5.74) is 0.859. The monoisotopic (exact) mass is 324 g/mol. The van der Waals surface area contributed by atoms with E-state index in [0.717, 1.165) is 14.7 Å². The highest BCUT2D eigenvalue weighted by Crippen LogP contribution is 2.08. The van der Waals surface area contributed by atoms with Crippen LogP contribution in [-0.2, 0) is 0 Å². The van der Waals surface area contributed by atoms with Gasteiger partial charge in [-0.15, -0.1) is 0 Å². The lowest BCUT2D eigenvalue weighted by atomic mass is 10.2. The van der Waals surface area contributed by atoms with Crippen molar-refractivity contribution in [2.45, 2.75) is 6.92 Å². The number of nitrogens with zero attached hydrogens (tertiary/aromatic N) is 3. The third kappa shape index (κ3) is 2.80. The van der Waals surface area contributed by atoms with Gasteiger partial charge >= 0.3 is 0 Å². The van der Waals surface area contributed by atoms with Crippen LogP contribution in [0.15, 0.2) is 38.6 Å². The molecule has 18 heavy (non-hydrogen) atoms. The lowest BCUT2D eigenvalue weighted by Gasteiger charge is -1.99. The van der Waals surface area contributed by atoms with Crippen LogP contribution in [-0.4, -0.2) is 21.1 Å². The highest BCUT2D eigenvalue weighted by molar-refractivity contribution is 9.10. The molecule has 92 valence electrons. The molecule has 0 radical (unpaired) electrons. The maximum atomic E-state index is 11.8. The summed E-state index contributed by atoms with van der Waals surface area (Å²) in [7, 11) is 0. The van der Waals surface area contributed by atoms with Gasteiger partial charge in [0.05, 0.1) is 6.21 Å². The number of rotatable bonds is 2. The van der Waals surface area contributed by atoms with Gasteiger partial charge in [0.1, 0.15) is 5.69 Å². The number of nitrogens with one attached hydrogen (secondary N) is 1. The van der Waals surface area contributed by atoms with E-state index in [1.807, 2.05) is 24.3 Å². The zero-order valence-electron chi connectivity index (χ0n) is 9.42. The maximum Gasteiger partial charge on any atom is 0.296 e. The summed E-state index contributed by atoms with van der Waals surface area (Å²) in [5.74, 6) is 0. The van der Waals surface area contributed by atoms with Gasteiger partial charge in [0.15, 0.2) is 0 Å². The van der Waals surface area contributed by atoms with Crippen molar-refractivity contribution in [2.24, 2.45) is 5.10 Å². The Morgan fingerprint density at radius 3 is 2.78 bits per heavy atom. The molecule has 0 aliphatic heterocycles. The first kappa shape index (κ1) is 12.8. The summed E-state index contributed by atoms with van der Waals surface area (Å²) in [6.07, 6.45) is 1.57. The van der Waals surface area contributed by atoms with E-state index in [0.29, 0.717) is 5.69 Å². The molecule has 0 saturated heterocycles. The predicted octanol–water partition coefficient (Wildman–Crippen LogP) is 2.25. The molecule has 0 fully saturated rings. The van der Waals surface area contributed by atoms with Crippen LogP contribution in [0.1, 0.15) is 11.3 Å². The van der Waals surface area contributed by atoms with Crippen LogP contribution >= 0.6 is 28.1 Å². The molecule has 0 spiro atoms. The van der Waals surface area contributed by atoms with Crippen LogP contribution < -0.4 is 5.56 Å². The molecule has 0 aliphatic rings. The van der Waals surface area contributed by atoms with Crippen molar-refractivity contribution in [1.82, 2.24) is 14.9 Å². The molecular formula is C11H9BrN4OS. The molecule has 7 heteroatoms. The molecule has 0 atom stereocenters. The fraction of sp³-hybridized carbons (Fsp3) is 0.0909. The van der Waals surface area contributed by atoms with Gasteiger partial charge in [-0.2, -0.15) is 14.9 Å². The minimum absolute atomic E-state index is 0.166. The molecule has 1 aromatic carbocycles. The van der Waals surface area contributed by atoms with E-state index in [1.165, 1.54) is 0 Å². The van der Waals surface area contributed by atoms with Crippen molar-refractivity contribution in [2.75, 3.05) is 0 Å². The van der Waals surface area contributed by atoms with E-state index in [2.05, 4.69) is 31.2 Å². The number of aryl methyl sites for hydroxylation is 1. The fourth-order valence-electron chi connectivity index (χ4n) is 1.25. The number of aromatic nitrogens is 3. The van der Waals surface area contributed by atoms with Crippen LogP contribution in [0.4, 0.5) is 0 Å². The average Bonchev–Trinajstić information content (AvgIpc) is 2.36. The first-order valence-electron chi connectivity index (χ1n) is 5.06. The van der Waals surface area contributed by atoms with Crippen LogP contribution in [0, 0.1) is 11.7 Å². The smallest absolute Gasteiger partial charge is 0.265 e. The highest BCUT2D eigenvalue weighted by Gasteiger charge is 2.00. The van der Waals surface area contributed by atoms with Crippen LogP contribution in [0.25, 0.3) is 0 Å². The topological polar surface area (TPSA) is 63.0 Å². The summed E-state index contributed by atoms with van der Waals surface area (Å²) in [6.45, 7) is 1.60. The van der Waals surface area contributed by atoms with Gasteiger partial charge in [0, 0.05) is 4.47 Å². The molecule has 2 aromatic rings. The van der Waals surface area contributed by atoms with E-state index in [1.54, 1.807) is 13.1 Å². The molecule has 1 N–H and O–H groups in total. The van der Waals surface area contributed by atoms with Gasteiger partial charge in [0.2, 0.25) is 4.77 Å². The predicted molar refractivity (Wildman–Crippen MR) is 75.6 cm³/mol. The Morgan fingerprint density at radius 1 is 1.44 bits per heavy atom. The molecule has 0 saturated carbocycles. The van der Waals surface area contributed by atoms with Crippen LogP contribution in [0.5, 0.6) is 0 Å². The molecule has 0 unspecified atom stereocenters. The van der Waals surface area contributed by atoms with E-state index in [-0.39, 0.29) is 10.3 Å². The van der Waals surface area contributed by atoms with Crippen molar-refractivity contribution in [3.8, 4) is 0 Å². The van der Waals surface area contributed by atoms with E-state index < -0.39 is 0 Å². The Labute approximate surface area is 116 Å². The highest BCUT2D eigenvalue weighted by atomic mass is 79.9. The number of halogens is 1. The van der Waals surface area contributed by atoms with E-state index in [4.69, 9.17) is 12.2 Å². The second-order valence-corrected chi connectivity index (χ2v) is 4.83. The Bertz CT molecular complexity index is 702. The Hall–Kier alpha value is -1.60. The minimum atomic E-state index is -0.327. The van der Waals surface area contributed by atoms with Gasteiger partial charge < -0.3 is 0 Å². The first-order valence-corrected chi connectivity index (χ1v) is 6.26. The van der Waals surface area contributed by atoms with Gasteiger partial charge in [-0.3, -0.25) is 9.89 Å². The van der Waals surface area contributed by atoms with Gasteiger partial charge in [-0.25, -0.2) is 0 Å². The fourth-order valence-corrected chi connectivity index (χ4v) is 1.69. The number of benzene rings is 1. The summed E-state index contributed by atoms with van der Waals surface area (Å²) >= 11 is 8.30. The Balaban J connectivity index is 2.41. The standard InChI is InChI=1S/C11H9BrN4OS/c1-7-10(17)16(11(18)15-14-7)13-6-8-2-4-9(12)5-3-8/h2-6H,1H3,(H,15,18)/b13-6+. The SMILES string of the molecule is Cc1n[nH]c(=S)n(/N=C/c2ccc(Br)cc2)c1=O. The summed E-state index contributed by atoms with van der Waals surface area (Å²) < 4.78 is 2.26. The third-order valence-electron chi connectivity index (χ3n) is 2.21. The van der Waals surface area contributed by atoms with Crippen LogP contribution in [0.2, 0.25) is 0 Å². The van der Waals surface area contributed by atoms with Crippen molar-refractivity contribution < 1.29 is 0 Å². The molecule has 0 amide bonds. The molecule has 1 aromatic heterocycles. The lowest BCUT2D eigenvalue weighted by Crippen LogP contribution is -2.22. The first-order chi connectivity index (χ1) is 8.58. The maximum absolute atomic E-state index is 11.8. The Morgan fingerprint density at radius 2 is 2.11 bits per heavy atom. The summed E-state index contributed by atoms with van der Waals surface area (Å²) in [6, 6.07) is 7.53. The molecular weight excluding hydrogens is 316 g/mol. The number of hydrogen-bond donors (Lipinski definition) is 1. The minimum Gasteiger partial charge on any atom is -0.265 e. The summed E-state index contributed by atoms with van der Waals surface area (Å²) in [5, 5.41) is 10.4. The molecule has 0 bridgehead atoms. The Kier molecular flexibility index (Phi) is 3.83. The van der Waals surface area contributed by atoms with Gasteiger partial charge in [0.25, 0.3) is 5.56 Å². The second-order valence-electron chi connectivity index (χ2n) is 3.53. The van der Waals surface area contributed by atoms with Gasteiger partial charge in [-0.1, -0.05) is 28.1 Å².